The molecule has 0 aromatic carbocycles. The summed E-state index contributed by atoms with van der Waals surface area (Å²) in [4.78, 5) is 0. The Hall–Kier alpha value is -0.0800. The molecule has 0 heterocycles. The molecule has 2 saturated carbocycles. The molecule has 1 unspecified atom stereocenters. The molecule has 0 aliphatic heterocycles. The molecule has 0 bridgehead atoms. The van der Waals surface area contributed by atoms with E-state index in [1.165, 1.54) is 25.7 Å². The van der Waals surface area contributed by atoms with Crippen LogP contribution in [0.15, 0.2) is 0 Å². The first kappa shape index (κ1) is 14.3. The van der Waals surface area contributed by atoms with E-state index in [1.54, 1.807) is 0 Å². The highest BCUT2D eigenvalue weighted by molar-refractivity contribution is 4.91. The van der Waals surface area contributed by atoms with Gasteiger partial charge in [0, 0.05) is 12.6 Å². The third kappa shape index (κ3) is 3.71. The second-order valence-electron chi connectivity index (χ2n) is 7.60. The summed E-state index contributed by atoms with van der Waals surface area (Å²) in [5, 5.41) is 14.2. The molecule has 0 radical (unpaired) electrons. The van der Waals surface area contributed by atoms with Crippen molar-refractivity contribution in [2.75, 3.05) is 6.54 Å². The average molecular weight is 253 g/mol. The van der Waals surface area contributed by atoms with Crippen LogP contribution in [0.2, 0.25) is 0 Å². The van der Waals surface area contributed by atoms with Gasteiger partial charge >= 0.3 is 0 Å². The molecule has 2 N–H and O–H groups in total. The summed E-state index contributed by atoms with van der Waals surface area (Å²) in [6.45, 7) is 7.73. The minimum atomic E-state index is -0.442. The van der Waals surface area contributed by atoms with E-state index in [1.807, 2.05) is 0 Å². The molecule has 1 atom stereocenters. The molecule has 2 heteroatoms. The van der Waals surface area contributed by atoms with E-state index in [2.05, 4.69) is 26.1 Å². The molecule has 0 aromatic heterocycles. The van der Waals surface area contributed by atoms with Crippen molar-refractivity contribution in [3.63, 3.8) is 0 Å². The zero-order valence-corrected chi connectivity index (χ0v) is 12.5. The van der Waals surface area contributed by atoms with Crippen molar-refractivity contribution in [2.24, 2.45) is 11.3 Å². The average Bonchev–Trinajstić information content (AvgIpc) is 2.85. The third-order valence-corrected chi connectivity index (χ3v) is 5.39. The molecule has 2 nitrogen and oxygen atoms in total. The Balaban J connectivity index is 1.75. The van der Waals surface area contributed by atoms with Gasteiger partial charge in [-0.25, -0.2) is 0 Å². The van der Waals surface area contributed by atoms with Gasteiger partial charge < -0.3 is 10.4 Å². The number of rotatable bonds is 4. The van der Waals surface area contributed by atoms with Crippen LogP contribution in [0.25, 0.3) is 0 Å². The van der Waals surface area contributed by atoms with Crippen molar-refractivity contribution >= 4 is 0 Å². The maximum atomic E-state index is 10.6. The van der Waals surface area contributed by atoms with Crippen LogP contribution in [0.4, 0.5) is 0 Å². The number of aliphatic hydroxyl groups is 1. The fraction of sp³-hybridized carbons (Fsp3) is 1.00. The van der Waals surface area contributed by atoms with E-state index >= 15 is 0 Å². The molecule has 2 aliphatic rings. The SMILES string of the molecule is CC(NCC1(O)CCC(C)(C)CC1)C1CCCC1. The molecule has 0 amide bonds. The molecule has 2 aliphatic carbocycles. The Kier molecular flexibility index (Phi) is 4.38. The predicted octanol–water partition coefficient (Wildman–Crippen LogP) is 3.49. The lowest BCUT2D eigenvalue weighted by atomic mass is 9.71. The summed E-state index contributed by atoms with van der Waals surface area (Å²) in [6, 6.07) is 0.575. The normalized spacial score (nSPS) is 29.3. The van der Waals surface area contributed by atoms with E-state index in [0.29, 0.717) is 11.5 Å². The molecular weight excluding hydrogens is 222 g/mol. The zero-order chi connectivity index (χ0) is 13.2. The maximum Gasteiger partial charge on any atom is 0.0772 e. The smallest absolute Gasteiger partial charge is 0.0772 e. The molecule has 0 aromatic rings. The van der Waals surface area contributed by atoms with Gasteiger partial charge in [-0.3, -0.25) is 0 Å². The van der Waals surface area contributed by atoms with Crippen LogP contribution in [0.3, 0.4) is 0 Å². The van der Waals surface area contributed by atoms with Crippen molar-refractivity contribution < 1.29 is 5.11 Å². The topological polar surface area (TPSA) is 32.3 Å². The first-order valence-corrected chi connectivity index (χ1v) is 7.86. The lowest BCUT2D eigenvalue weighted by Crippen LogP contribution is -2.48. The third-order valence-electron chi connectivity index (χ3n) is 5.39. The van der Waals surface area contributed by atoms with E-state index < -0.39 is 5.60 Å². The van der Waals surface area contributed by atoms with Gasteiger partial charge in [-0.1, -0.05) is 26.7 Å². The second kappa shape index (κ2) is 5.50. The van der Waals surface area contributed by atoms with Crippen molar-refractivity contribution in [3.8, 4) is 0 Å². The van der Waals surface area contributed by atoms with Gasteiger partial charge in [-0.2, -0.15) is 0 Å². The number of hydrogen-bond donors (Lipinski definition) is 2. The summed E-state index contributed by atoms with van der Waals surface area (Å²) in [5.41, 5.74) is -0.00825. The van der Waals surface area contributed by atoms with Gasteiger partial charge in [-0.05, 0) is 56.8 Å². The van der Waals surface area contributed by atoms with Crippen LogP contribution >= 0.6 is 0 Å². The first-order valence-electron chi connectivity index (χ1n) is 7.86. The highest BCUT2D eigenvalue weighted by atomic mass is 16.3. The minimum Gasteiger partial charge on any atom is -0.389 e. The summed E-state index contributed by atoms with van der Waals surface area (Å²) in [6.07, 6.45) is 9.78. The van der Waals surface area contributed by atoms with Crippen LogP contribution in [-0.4, -0.2) is 23.3 Å². The van der Waals surface area contributed by atoms with Gasteiger partial charge in [0.05, 0.1) is 5.60 Å². The molecule has 2 fully saturated rings. The lowest BCUT2D eigenvalue weighted by Gasteiger charge is -2.41. The highest BCUT2D eigenvalue weighted by Gasteiger charge is 2.37. The monoisotopic (exact) mass is 253 g/mol. The van der Waals surface area contributed by atoms with Crippen LogP contribution in [0.1, 0.15) is 72.1 Å². The Bertz CT molecular complexity index is 258. The van der Waals surface area contributed by atoms with Crippen molar-refractivity contribution in [1.29, 1.82) is 0 Å². The Morgan fingerprint density at radius 1 is 1.11 bits per heavy atom. The highest BCUT2D eigenvalue weighted by Crippen LogP contribution is 2.40. The Morgan fingerprint density at radius 3 is 2.22 bits per heavy atom. The molecule has 0 saturated heterocycles. The first-order chi connectivity index (χ1) is 8.40. The second-order valence-corrected chi connectivity index (χ2v) is 7.60. The van der Waals surface area contributed by atoms with Gasteiger partial charge in [0.1, 0.15) is 0 Å². The van der Waals surface area contributed by atoms with Crippen molar-refractivity contribution in [1.82, 2.24) is 5.32 Å². The van der Waals surface area contributed by atoms with E-state index in [9.17, 15) is 5.11 Å². The largest absolute Gasteiger partial charge is 0.389 e. The van der Waals surface area contributed by atoms with Gasteiger partial charge in [0.2, 0.25) is 0 Å². The number of hydrogen-bond acceptors (Lipinski definition) is 2. The fourth-order valence-electron chi connectivity index (χ4n) is 3.54. The zero-order valence-electron chi connectivity index (χ0n) is 12.5. The molecule has 2 rings (SSSR count). The molecule has 106 valence electrons. The standard InChI is InChI=1S/C16H31NO/c1-13(14-6-4-5-7-14)17-12-16(18)10-8-15(2,3)9-11-16/h13-14,17-18H,4-12H2,1-3H3. The Morgan fingerprint density at radius 2 is 1.67 bits per heavy atom. The molecular formula is C16H31NO. The van der Waals surface area contributed by atoms with Crippen LogP contribution in [0.5, 0.6) is 0 Å². The molecule has 0 spiro atoms. The van der Waals surface area contributed by atoms with Crippen LogP contribution in [-0.2, 0) is 0 Å². The van der Waals surface area contributed by atoms with E-state index in [0.717, 1.165) is 38.1 Å². The Labute approximate surface area is 113 Å². The summed E-state index contributed by atoms with van der Waals surface area (Å²) in [5.74, 6) is 0.841. The van der Waals surface area contributed by atoms with Gasteiger partial charge in [0.15, 0.2) is 0 Å². The van der Waals surface area contributed by atoms with Gasteiger partial charge in [0.25, 0.3) is 0 Å². The summed E-state index contributed by atoms with van der Waals surface area (Å²) in [7, 11) is 0. The molecule has 18 heavy (non-hydrogen) atoms. The quantitative estimate of drug-likeness (QED) is 0.804. The fourth-order valence-corrected chi connectivity index (χ4v) is 3.54. The van der Waals surface area contributed by atoms with Crippen LogP contribution in [0, 0.1) is 11.3 Å². The van der Waals surface area contributed by atoms with Crippen LogP contribution < -0.4 is 5.32 Å². The lowest BCUT2D eigenvalue weighted by molar-refractivity contribution is -0.0268. The van der Waals surface area contributed by atoms with E-state index in [-0.39, 0.29) is 0 Å². The van der Waals surface area contributed by atoms with Crippen molar-refractivity contribution in [3.05, 3.63) is 0 Å². The maximum absolute atomic E-state index is 10.6. The van der Waals surface area contributed by atoms with Crippen molar-refractivity contribution in [2.45, 2.75) is 83.8 Å². The minimum absolute atomic E-state index is 0.434. The summed E-state index contributed by atoms with van der Waals surface area (Å²) < 4.78 is 0. The van der Waals surface area contributed by atoms with Gasteiger partial charge in [-0.15, -0.1) is 0 Å². The number of nitrogens with one attached hydrogen (secondary N) is 1. The van der Waals surface area contributed by atoms with E-state index in [4.69, 9.17) is 0 Å². The predicted molar refractivity (Wildman–Crippen MR) is 76.6 cm³/mol. The summed E-state index contributed by atoms with van der Waals surface area (Å²) >= 11 is 0.